The standard InChI is InChI=1S/C9H16O2Si/c1-12(2,3)5-4-8-6-11-7-9(8)10/h8-10H,6-7H2,1-3H3. The van der Waals surface area contributed by atoms with E-state index in [9.17, 15) is 5.11 Å². The van der Waals surface area contributed by atoms with Crippen molar-refractivity contribution >= 4 is 8.07 Å². The summed E-state index contributed by atoms with van der Waals surface area (Å²) in [4.78, 5) is 0. The van der Waals surface area contributed by atoms with Crippen molar-refractivity contribution in [1.82, 2.24) is 0 Å². The zero-order valence-electron chi connectivity index (χ0n) is 7.92. The molecule has 2 atom stereocenters. The number of hydrogen-bond donors (Lipinski definition) is 1. The molecule has 0 amide bonds. The van der Waals surface area contributed by atoms with E-state index in [0.717, 1.165) is 0 Å². The highest BCUT2D eigenvalue weighted by molar-refractivity contribution is 6.83. The molecule has 12 heavy (non-hydrogen) atoms. The Hall–Kier alpha value is -0.303. The molecule has 1 aliphatic rings. The number of hydrogen-bond acceptors (Lipinski definition) is 2. The SMILES string of the molecule is C[Si](C)(C)C#CC1COCC1O. The molecule has 0 aliphatic carbocycles. The second-order valence-electron chi connectivity index (χ2n) is 4.23. The fraction of sp³-hybridized carbons (Fsp3) is 0.778. The summed E-state index contributed by atoms with van der Waals surface area (Å²) < 4.78 is 5.10. The summed E-state index contributed by atoms with van der Waals surface area (Å²) in [5, 5.41) is 9.37. The Labute approximate surface area is 74.9 Å². The van der Waals surface area contributed by atoms with Gasteiger partial charge in [0.05, 0.1) is 25.2 Å². The second-order valence-corrected chi connectivity index (χ2v) is 8.98. The lowest BCUT2D eigenvalue weighted by molar-refractivity contribution is 0.123. The average Bonchev–Trinajstić information content (AvgIpc) is 2.29. The van der Waals surface area contributed by atoms with E-state index in [0.29, 0.717) is 13.2 Å². The minimum absolute atomic E-state index is 0.0525. The number of ether oxygens (including phenoxy) is 1. The molecule has 68 valence electrons. The van der Waals surface area contributed by atoms with Crippen LogP contribution in [-0.2, 0) is 4.74 Å². The largest absolute Gasteiger partial charge is 0.389 e. The van der Waals surface area contributed by atoms with Crippen LogP contribution in [-0.4, -0.2) is 32.5 Å². The van der Waals surface area contributed by atoms with Crippen LogP contribution in [0.5, 0.6) is 0 Å². The quantitative estimate of drug-likeness (QED) is 0.447. The molecular formula is C9H16O2Si. The molecule has 1 N–H and O–H groups in total. The van der Waals surface area contributed by atoms with E-state index >= 15 is 0 Å². The third kappa shape index (κ3) is 2.98. The van der Waals surface area contributed by atoms with Gasteiger partial charge in [0.15, 0.2) is 0 Å². The summed E-state index contributed by atoms with van der Waals surface area (Å²) in [6, 6.07) is 0. The van der Waals surface area contributed by atoms with E-state index in [1.54, 1.807) is 0 Å². The minimum Gasteiger partial charge on any atom is -0.389 e. The van der Waals surface area contributed by atoms with Gasteiger partial charge in [-0.25, -0.2) is 0 Å². The van der Waals surface area contributed by atoms with Crippen LogP contribution in [0.15, 0.2) is 0 Å². The Kier molecular flexibility index (Phi) is 2.94. The lowest BCUT2D eigenvalue weighted by atomic mass is 10.1. The summed E-state index contributed by atoms with van der Waals surface area (Å²) in [5.41, 5.74) is 3.24. The molecule has 1 fully saturated rings. The normalized spacial score (nSPS) is 29.7. The van der Waals surface area contributed by atoms with Crippen LogP contribution in [0.1, 0.15) is 0 Å². The van der Waals surface area contributed by atoms with Gasteiger partial charge in [0.25, 0.3) is 0 Å². The van der Waals surface area contributed by atoms with E-state index in [1.165, 1.54) is 0 Å². The molecule has 1 saturated heterocycles. The predicted octanol–water partition coefficient (Wildman–Crippen LogP) is 0.874. The lowest BCUT2D eigenvalue weighted by Gasteiger charge is -2.07. The van der Waals surface area contributed by atoms with Crippen LogP contribution in [0.25, 0.3) is 0 Å². The van der Waals surface area contributed by atoms with E-state index in [2.05, 4.69) is 31.1 Å². The summed E-state index contributed by atoms with van der Waals surface area (Å²) >= 11 is 0. The second kappa shape index (κ2) is 3.61. The van der Waals surface area contributed by atoms with Crippen molar-refractivity contribution in [2.45, 2.75) is 25.7 Å². The summed E-state index contributed by atoms with van der Waals surface area (Å²) in [6.45, 7) is 7.64. The molecule has 1 aliphatic heterocycles. The van der Waals surface area contributed by atoms with Gasteiger partial charge in [-0.2, -0.15) is 0 Å². The number of rotatable bonds is 0. The van der Waals surface area contributed by atoms with E-state index < -0.39 is 8.07 Å². The molecule has 0 saturated carbocycles. The topological polar surface area (TPSA) is 29.5 Å². The van der Waals surface area contributed by atoms with Gasteiger partial charge in [-0.05, 0) is 0 Å². The van der Waals surface area contributed by atoms with Crippen molar-refractivity contribution in [3.8, 4) is 11.5 Å². The summed E-state index contributed by atoms with van der Waals surface area (Å²) in [6.07, 6.45) is -0.367. The highest BCUT2D eigenvalue weighted by Crippen LogP contribution is 2.12. The first-order valence-corrected chi connectivity index (χ1v) is 7.77. The van der Waals surface area contributed by atoms with Crippen molar-refractivity contribution in [3.05, 3.63) is 0 Å². The summed E-state index contributed by atoms with van der Waals surface area (Å²) in [5.74, 6) is 3.16. The predicted molar refractivity (Wildman–Crippen MR) is 51.4 cm³/mol. The maximum Gasteiger partial charge on any atom is 0.129 e. The third-order valence-corrected chi connectivity index (χ3v) is 2.58. The van der Waals surface area contributed by atoms with Crippen LogP contribution >= 0.6 is 0 Å². The smallest absolute Gasteiger partial charge is 0.129 e. The van der Waals surface area contributed by atoms with Crippen LogP contribution in [0.3, 0.4) is 0 Å². The Morgan fingerprint density at radius 2 is 2.00 bits per heavy atom. The first-order chi connectivity index (χ1) is 5.49. The van der Waals surface area contributed by atoms with Gasteiger partial charge in [0.2, 0.25) is 0 Å². The van der Waals surface area contributed by atoms with Crippen molar-refractivity contribution < 1.29 is 9.84 Å². The van der Waals surface area contributed by atoms with E-state index in [-0.39, 0.29) is 12.0 Å². The molecule has 1 rings (SSSR count). The first-order valence-electron chi connectivity index (χ1n) is 4.27. The highest BCUT2D eigenvalue weighted by Gasteiger charge is 2.24. The van der Waals surface area contributed by atoms with Gasteiger partial charge >= 0.3 is 0 Å². The molecule has 0 aromatic heterocycles. The highest BCUT2D eigenvalue weighted by atomic mass is 28.3. The summed E-state index contributed by atoms with van der Waals surface area (Å²) in [7, 11) is -1.28. The van der Waals surface area contributed by atoms with E-state index in [4.69, 9.17) is 4.74 Å². The Morgan fingerprint density at radius 1 is 1.33 bits per heavy atom. The average molecular weight is 184 g/mol. The number of aliphatic hydroxyl groups excluding tert-OH is 1. The van der Waals surface area contributed by atoms with Crippen LogP contribution < -0.4 is 0 Å². The fourth-order valence-electron chi connectivity index (χ4n) is 0.990. The molecule has 3 heteroatoms. The van der Waals surface area contributed by atoms with Crippen LogP contribution in [0, 0.1) is 17.4 Å². The fourth-order valence-corrected chi connectivity index (χ4v) is 1.61. The molecular weight excluding hydrogens is 168 g/mol. The lowest BCUT2D eigenvalue weighted by Crippen LogP contribution is -2.20. The Morgan fingerprint density at radius 3 is 2.42 bits per heavy atom. The number of aliphatic hydroxyl groups is 1. The van der Waals surface area contributed by atoms with Crippen molar-refractivity contribution in [2.24, 2.45) is 5.92 Å². The van der Waals surface area contributed by atoms with Crippen LogP contribution in [0.4, 0.5) is 0 Å². The molecule has 0 radical (unpaired) electrons. The zero-order valence-corrected chi connectivity index (χ0v) is 8.92. The van der Waals surface area contributed by atoms with Gasteiger partial charge in [-0.15, -0.1) is 11.5 Å². The monoisotopic (exact) mass is 184 g/mol. The third-order valence-electron chi connectivity index (χ3n) is 1.68. The van der Waals surface area contributed by atoms with Crippen molar-refractivity contribution in [1.29, 1.82) is 0 Å². The van der Waals surface area contributed by atoms with Crippen molar-refractivity contribution in [2.75, 3.05) is 13.2 Å². The Balaban J connectivity index is 2.53. The maximum absolute atomic E-state index is 9.37. The maximum atomic E-state index is 9.37. The van der Waals surface area contributed by atoms with Crippen LogP contribution in [0.2, 0.25) is 19.6 Å². The molecule has 2 unspecified atom stereocenters. The van der Waals surface area contributed by atoms with Crippen molar-refractivity contribution in [3.63, 3.8) is 0 Å². The molecule has 2 nitrogen and oxygen atoms in total. The van der Waals surface area contributed by atoms with Gasteiger partial charge in [0, 0.05) is 0 Å². The minimum atomic E-state index is -1.28. The van der Waals surface area contributed by atoms with Gasteiger partial charge < -0.3 is 9.84 Å². The van der Waals surface area contributed by atoms with E-state index in [1.807, 2.05) is 0 Å². The molecule has 0 bridgehead atoms. The van der Waals surface area contributed by atoms with Gasteiger partial charge in [-0.3, -0.25) is 0 Å². The molecule has 1 heterocycles. The van der Waals surface area contributed by atoms with Gasteiger partial charge in [-0.1, -0.05) is 19.6 Å². The molecule has 0 spiro atoms. The zero-order chi connectivity index (χ0) is 9.19. The van der Waals surface area contributed by atoms with Gasteiger partial charge in [0.1, 0.15) is 8.07 Å². The molecule has 0 aromatic rings. The Bertz CT molecular complexity index is 209. The molecule has 0 aromatic carbocycles. The first kappa shape index (κ1) is 9.78.